The molecule has 2 heterocycles. The van der Waals surface area contributed by atoms with E-state index < -0.39 is 9.62 Å². The van der Waals surface area contributed by atoms with E-state index in [9.17, 15) is 10.1 Å². The van der Waals surface area contributed by atoms with Gasteiger partial charge in [-0.2, -0.15) is 0 Å². The van der Waals surface area contributed by atoms with Crippen molar-refractivity contribution in [1.29, 1.82) is 0 Å². The van der Waals surface area contributed by atoms with Crippen molar-refractivity contribution >= 4 is 29.1 Å². The van der Waals surface area contributed by atoms with E-state index >= 15 is 0 Å². The molecule has 0 N–H and O–H groups in total. The molecular formula is C19H13NO2S2. The van der Waals surface area contributed by atoms with Gasteiger partial charge in [0.25, 0.3) is 0 Å². The summed E-state index contributed by atoms with van der Waals surface area (Å²) in [6, 6.07) is 18.7. The first-order valence-corrected chi connectivity index (χ1v) is 9.83. The predicted octanol–water partition coefficient (Wildman–Crippen LogP) is 4.11. The van der Waals surface area contributed by atoms with Crippen LogP contribution in [0.25, 0.3) is 5.57 Å². The third-order valence-electron chi connectivity index (χ3n) is 5.81. The Morgan fingerprint density at radius 3 is 2.62 bits per heavy atom. The fraction of sp³-hybridized carbons (Fsp3) is 0.263. The molecule has 24 heavy (non-hydrogen) atoms. The van der Waals surface area contributed by atoms with E-state index in [-0.39, 0.29) is 10.2 Å². The Hall–Kier alpha value is -1.72. The van der Waals surface area contributed by atoms with E-state index in [0.29, 0.717) is 5.25 Å². The summed E-state index contributed by atoms with van der Waals surface area (Å²) in [5, 5.41) is 12.5. The van der Waals surface area contributed by atoms with Gasteiger partial charge in [-0.25, -0.2) is 0 Å². The summed E-state index contributed by atoms with van der Waals surface area (Å²) in [7, 11) is 0. The lowest BCUT2D eigenvalue weighted by molar-refractivity contribution is -0.529. The molecule has 0 spiro atoms. The number of fused-ring (bicyclic) bond motifs is 7. The van der Waals surface area contributed by atoms with Crippen molar-refractivity contribution in [3.63, 3.8) is 0 Å². The highest BCUT2D eigenvalue weighted by molar-refractivity contribution is 8.14. The number of nitro groups is 1. The van der Waals surface area contributed by atoms with Gasteiger partial charge in [0.15, 0.2) is 4.75 Å². The zero-order valence-corrected chi connectivity index (χ0v) is 14.3. The lowest BCUT2D eigenvalue weighted by Gasteiger charge is -2.24. The molecule has 118 valence electrons. The van der Waals surface area contributed by atoms with Crippen molar-refractivity contribution in [1.82, 2.24) is 0 Å². The molecule has 0 amide bonds. The maximum Gasteiger partial charge on any atom is 0.304 e. The zero-order valence-electron chi connectivity index (χ0n) is 12.6. The van der Waals surface area contributed by atoms with Crippen LogP contribution in [0.15, 0.2) is 60.2 Å². The highest BCUT2D eigenvalue weighted by Gasteiger charge is 2.92. The highest BCUT2D eigenvalue weighted by atomic mass is 32.2. The fourth-order valence-electron chi connectivity index (χ4n) is 4.78. The molecule has 0 bridgehead atoms. The molecule has 0 aromatic heterocycles. The van der Waals surface area contributed by atoms with Gasteiger partial charge in [0.2, 0.25) is 0 Å². The van der Waals surface area contributed by atoms with E-state index in [0.717, 1.165) is 12.0 Å². The summed E-state index contributed by atoms with van der Waals surface area (Å²) in [5.74, 6) is 0. The Morgan fingerprint density at radius 1 is 1.08 bits per heavy atom. The Labute approximate surface area is 147 Å². The Bertz CT molecular complexity index is 957. The van der Waals surface area contributed by atoms with Gasteiger partial charge in [-0.3, -0.25) is 10.1 Å². The SMILES string of the molecule is O=[N+]([O-])C12SC1(c1ccccc1)C1=C(c3ccccc3C1)C1SC12. The normalized spacial score (nSPS) is 37.2. The Kier molecular flexibility index (Phi) is 2.31. The van der Waals surface area contributed by atoms with E-state index in [1.165, 1.54) is 22.3 Å². The van der Waals surface area contributed by atoms with Crippen LogP contribution in [-0.2, 0) is 11.2 Å². The summed E-state index contributed by atoms with van der Waals surface area (Å²) < 4.78 is -0.475. The lowest BCUT2D eigenvalue weighted by atomic mass is 9.76. The summed E-state index contributed by atoms with van der Waals surface area (Å²) in [6.07, 6.45) is 0.854. The quantitative estimate of drug-likeness (QED) is 0.464. The van der Waals surface area contributed by atoms with Gasteiger partial charge in [0, 0.05) is 4.92 Å². The Balaban J connectivity index is 1.64. The van der Waals surface area contributed by atoms with Crippen LogP contribution in [0.2, 0.25) is 0 Å². The number of thioether (sulfide) groups is 2. The van der Waals surface area contributed by atoms with Gasteiger partial charge < -0.3 is 0 Å². The summed E-state index contributed by atoms with van der Waals surface area (Å²) in [6.45, 7) is 0. The Morgan fingerprint density at radius 2 is 1.83 bits per heavy atom. The average molecular weight is 351 g/mol. The predicted molar refractivity (Wildman–Crippen MR) is 97.7 cm³/mol. The molecule has 2 aliphatic carbocycles. The molecule has 2 saturated heterocycles. The topological polar surface area (TPSA) is 43.1 Å². The molecule has 0 saturated carbocycles. The van der Waals surface area contributed by atoms with Gasteiger partial charge in [-0.1, -0.05) is 66.4 Å². The second-order valence-electron chi connectivity index (χ2n) is 6.81. The summed E-state index contributed by atoms with van der Waals surface area (Å²) in [4.78, 5) is 11.3. The van der Waals surface area contributed by atoms with E-state index in [2.05, 4.69) is 36.4 Å². The number of rotatable bonds is 2. The molecule has 0 radical (unpaired) electrons. The number of hydrogen-bond donors (Lipinski definition) is 0. The molecule has 5 heteroatoms. The lowest BCUT2D eigenvalue weighted by Crippen LogP contribution is -2.42. The minimum absolute atomic E-state index is 0.00903. The van der Waals surface area contributed by atoms with Crippen LogP contribution in [0.3, 0.4) is 0 Å². The zero-order chi connectivity index (χ0) is 16.1. The van der Waals surface area contributed by atoms with Gasteiger partial charge >= 0.3 is 4.87 Å². The molecule has 3 nitrogen and oxygen atoms in total. The maximum absolute atomic E-state index is 12.1. The van der Waals surface area contributed by atoms with E-state index in [4.69, 9.17) is 0 Å². The molecule has 2 aliphatic heterocycles. The van der Waals surface area contributed by atoms with Crippen LogP contribution in [-0.4, -0.2) is 20.3 Å². The van der Waals surface area contributed by atoms with Crippen LogP contribution in [0.1, 0.15) is 16.7 Å². The van der Waals surface area contributed by atoms with Crippen molar-refractivity contribution in [2.45, 2.75) is 26.5 Å². The number of nitrogens with zero attached hydrogens (tertiary/aromatic N) is 1. The fourth-order valence-corrected chi connectivity index (χ4v) is 8.41. The van der Waals surface area contributed by atoms with E-state index in [1.807, 2.05) is 18.2 Å². The van der Waals surface area contributed by atoms with Gasteiger partial charge in [-0.05, 0) is 34.3 Å². The average Bonchev–Trinajstić information content (AvgIpc) is 3.49. The van der Waals surface area contributed by atoms with Crippen LogP contribution in [0.4, 0.5) is 0 Å². The standard InChI is InChI=1S/C19H13NO2S2/c21-20(22)19-17-16(23-17)15-13-9-5-4-6-11(13)10-14(15)18(19,24-19)12-7-2-1-3-8-12/h1-9,16-17H,10H2. The van der Waals surface area contributed by atoms with Crippen LogP contribution in [0, 0.1) is 10.1 Å². The third kappa shape index (κ3) is 1.30. The van der Waals surface area contributed by atoms with Crippen LogP contribution >= 0.6 is 23.5 Å². The minimum Gasteiger partial charge on any atom is -0.263 e. The summed E-state index contributed by atoms with van der Waals surface area (Å²) in [5.41, 5.74) is 6.44. The van der Waals surface area contributed by atoms with Crippen molar-refractivity contribution < 1.29 is 4.92 Å². The molecule has 2 aromatic rings. The molecule has 2 aromatic carbocycles. The molecule has 4 aliphatic rings. The van der Waals surface area contributed by atoms with Crippen LogP contribution < -0.4 is 0 Å². The molecule has 4 unspecified atom stereocenters. The smallest absolute Gasteiger partial charge is 0.263 e. The largest absolute Gasteiger partial charge is 0.304 e. The second kappa shape index (κ2) is 4.09. The number of hydrogen-bond acceptors (Lipinski definition) is 4. The molecule has 6 rings (SSSR count). The molecule has 4 atom stereocenters. The van der Waals surface area contributed by atoms with Crippen molar-refractivity contribution in [3.05, 3.63) is 87.0 Å². The maximum atomic E-state index is 12.1. The monoisotopic (exact) mass is 351 g/mol. The van der Waals surface area contributed by atoms with Gasteiger partial charge in [-0.15, -0.1) is 11.8 Å². The van der Waals surface area contributed by atoms with Crippen molar-refractivity contribution in [2.24, 2.45) is 0 Å². The van der Waals surface area contributed by atoms with Gasteiger partial charge in [0.05, 0.1) is 5.25 Å². The third-order valence-corrected chi connectivity index (χ3v) is 9.27. The second-order valence-corrected chi connectivity index (χ2v) is 9.53. The molecular weight excluding hydrogens is 338 g/mol. The van der Waals surface area contributed by atoms with E-state index in [1.54, 1.807) is 23.5 Å². The summed E-state index contributed by atoms with van der Waals surface area (Å²) >= 11 is 3.36. The van der Waals surface area contributed by atoms with Crippen molar-refractivity contribution in [2.75, 3.05) is 0 Å². The first-order valence-electron chi connectivity index (χ1n) is 8.07. The number of benzene rings is 2. The van der Waals surface area contributed by atoms with Crippen molar-refractivity contribution in [3.8, 4) is 0 Å². The molecule has 2 fully saturated rings. The first kappa shape index (κ1) is 13.6. The van der Waals surface area contributed by atoms with Gasteiger partial charge in [0.1, 0.15) is 5.25 Å². The first-order chi connectivity index (χ1) is 11.7. The highest BCUT2D eigenvalue weighted by Crippen LogP contribution is 2.86. The van der Waals surface area contributed by atoms with Crippen LogP contribution in [0.5, 0.6) is 0 Å². The minimum atomic E-state index is -0.870.